The highest BCUT2D eigenvalue weighted by atomic mass is 15.3. The van der Waals surface area contributed by atoms with Crippen molar-refractivity contribution in [1.82, 2.24) is 4.90 Å². The van der Waals surface area contributed by atoms with Crippen LogP contribution in [-0.4, -0.2) is 44.2 Å². The molecule has 1 aliphatic rings. The van der Waals surface area contributed by atoms with E-state index in [2.05, 4.69) is 48.9 Å². The maximum absolute atomic E-state index is 5.83. The third-order valence-corrected chi connectivity index (χ3v) is 3.62. The van der Waals surface area contributed by atoms with Crippen LogP contribution in [0, 0.1) is 13.8 Å². The van der Waals surface area contributed by atoms with Gasteiger partial charge in [0.1, 0.15) is 0 Å². The predicted octanol–water partition coefficient (Wildman–Crippen LogP) is 1.38. The van der Waals surface area contributed by atoms with Crippen molar-refractivity contribution in [2.45, 2.75) is 19.9 Å². The highest BCUT2D eigenvalue weighted by molar-refractivity contribution is 5.51. The molecule has 0 aliphatic carbocycles. The van der Waals surface area contributed by atoms with Gasteiger partial charge in [-0.25, -0.2) is 0 Å². The van der Waals surface area contributed by atoms with E-state index in [0.29, 0.717) is 6.04 Å². The number of likely N-dealkylation sites (N-methyl/N-ethyl adjacent to an activating group) is 1. The zero-order chi connectivity index (χ0) is 12.4. The van der Waals surface area contributed by atoms with Crippen molar-refractivity contribution in [1.29, 1.82) is 0 Å². The van der Waals surface area contributed by atoms with Gasteiger partial charge in [0.2, 0.25) is 0 Å². The molecule has 2 rings (SSSR count). The molecule has 2 N–H and O–H groups in total. The quantitative estimate of drug-likeness (QED) is 0.837. The number of piperazine rings is 1. The molecule has 0 amide bonds. The first-order valence-corrected chi connectivity index (χ1v) is 6.33. The number of nitrogens with two attached hydrogens (primary N) is 1. The molecule has 1 aliphatic heterocycles. The van der Waals surface area contributed by atoms with Gasteiger partial charge < -0.3 is 10.6 Å². The van der Waals surface area contributed by atoms with Crippen LogP contribution in [0.2, 0.25) is 0 Å². The van der Waals surface area contributed by atoms with Gasteiger partial charge in [-0.1, -0.05) is 6.07 Å². The van der Waals surface area contributed by atoms with E-state index in [0.717, 1.165) is 26.2 Å². The molecule has 0 spiro atoms. The first-order chi connectivity index (χ1) is 8.10. The van der Waals surface area contributed by atoms with E-state index in [1.54, 1.807) is 0 Å². The minimum Gasteiger partial charge on any atom is -0.369 e. The van der Waals surface area contributed by atoms with E-state index in [1.165, 1.54) is 16.8 Å². The molecule has 0 bridgehead atoms. The average molecular weight is 233 g/mol. The Morgan fingerprint density at radius 3 is 2.41 bits per heavy atom. The van der Waals surface area contributed by atoms with Gasteiger partial charge in [-0.3, -0.25) is 4.90 Å². The molecule has 0 aromatic heterocycles. The first-order valence-electron chi connectivity index (χ1n) is 6.33. The average Bonchev–Trinajstić information content (AvgIpc) is 2.28. The Labute approximate surface area is 104 Å². The molecular weight excluding hydrogens is 210 g/mol. The molecule has 3 heteroatoms. The Morgan fingerprint density at radius 2 is 1.82 bits per heavy atom. The Hall–Kier alpha value is -1.06. The summed E-state index contributed by atoms with van der Waals surface area (Å²) in [6.45, 7) is 8.28. The van der Waals surface area contributed by atoms with Crippen LogP contribution in [0.3, 0.4) is 0 Å². The van der Waals surface area contributed by atoms with Crippen molar-refractivity contribution in [3.63, 3.8) is 0 Å². The van der Waals surface area contributed by atoms with Crippen molar-refractivity contribution in [2.24, 2.45) is 5.73 Å². The number of hydrogen-bond donors (Lipinski definition) is 1. The van der Waals surface area contributed by atoms with Crippen molar-refractivity contribution in [3.05, 3.63) is 29.3 Å². The largest absolute Gasteiger partial charge is 0.369 e. The highest BCUT2D eigenvalue weighted by Crippen LogP contribution is 2.21. The number of rotatable bonds is 2. The molecule has 1 saturated heterocycles. The molecule has 1 heterocycles. The topological polar surface area (TPSA) is 32.5 Å². The summed E-state index contributed by atoms with van der Waals surface area (Å²) < 4.78 is 0. The van der Waals surface area contributed by atoms with Crippen molar-refractivity contribution in [3.8, 4) is 0 Å². The molecular formula is C14H23N3. The summed E-state index contributed by atoms with van der Waals surface area (Å²) in [5.41, 5.74) is 9.84. The second-order valence-corrected chi connectivity index (χ2v) is 5.16. The minimum absolute atomic E-state index is 0.476. The zero-order valence-corrected chi connectivity index (χ0v) is 11.1. The van der Waals surface area contributed by atoms with Crippen molar-refractivity contribution in [2.75, 3.05) is 38.1 Å². The molecule has 94 valence electrons. The number of aryl methyl sites for hydroxylation is 2. The number of hydrogen-bond acceptors (Lipinski definition) is 3. The van der Waals surface area contributed by atoms with Gasteiger partial charge in [0.25, 0.3) is 0 Å². The number of nitrogens with zero attached hydrogens (tertiary/aromatic N) is 2. The lowest BCUT2D eigenvalue weighted by Gasteiger charge is -2.40. The van der Waals surface area contributed by atoms with E-state index < -0.39 is 0 Å². The van der Waals surface area contributed by atoms with E-state index in [9.17, 15) is 0 Å². The normalized spacial score (nSPS) is 21.9. The summed E-state index contributed by atoms with van der Waals surface area (Å²) in [5, 5.41) is 0. The fourth-order valence-corrected chi connectivity index (χ4v) is 2.57. The van der Waals surface area contributed by atoms with Gasteiger partial charge in [0, 0.05) is 37.9 Å². The van der Waals surface area contributed by atoms with Gasteiger partial charge in [-0.15, -0.1) is 0 Å². The van der Waals surface area contributed by atoms with E-state index in [4.69, 9.17) is 5.73 Å². The molecule has 1 aromatic rings. The summed E-state index contributed by atoms with van der Waals surface area (Å²) in [6.07, 6.45) is 0. The molecule has 1 aromatic carbocycles. The second kappa shape index (κ2) is 5.07. The number of benzene rings is 1. The Balaban J connectivity index is 2.17. The number of anilines is 1. The lowest BCUT2D eigenvalue weighted by Crippen LogP contribution is -2.54. The molecule has 0 saturated carbocycles. The van der Waals surface area contributed by atoms with Crippen molar-refractivity contribution >= 4 is 5.69 Å². The Morgan fingerprint density at radius 1 is 1.18 bits per heavy atom. The van der Waals surface area contributed by atoms with Crippen LogP contribution < -0.4 is 10.6 Å². The molecule has 17 heavy (non-hydrogen) atoms. The fraction of sp³-hybridized carbons (Fsp3) is 0.571. The summed E-state index contributed by atoms with van der Waals surface area (Å²) in [6, 6.07) is 7.24. The lowest BCUT2D eigenvalue weighted by atomic mass is 10.1. The van der Waals surface area contributed by atoms with E-state index >= 15 is 0 Å². The van der Waals surface area contributed by atoms with Gasteiger partial charge in [-0.05, 0) is 44.2 Å². The maximum Gasteiger partial charge on any atom is 0.0391 e. The minimum atomic E-state index is 0.476. The Kier molecular flexibility index (Phi) is 3.69. The van der Waals surface area contributed by atoms with E-state index in [1.807, 2.05) is 0 Å². The van der Waals surface area contributed by atoms with Crippen LogP contribution in [0.25, 0.3) is 0 Å². The van der Waals surface area contributed by atoms with Crippen LogP contribution in [-0.2, 0) is 0 Å². The summed E-state index contributed by atoms with van der Waals surface area (Å²) >= 11 is 0. The summed E-state index contributed by atoms with van der Waals surface area (Å²) in [7, 11) is 2.16. The van der Waals surface area contributed by atoms with Crippen LogP contribution in [0.1, 0.15) is 11.1 Å². The Bertz CT molecular complexity index is 369. The molecule has 1 atom stereocenters. The second-order valence-electron chi connectivity index (χ2n) is 5.16. The predicted molar refractivity (Wildman–Crippen MR) is 73.6 cm³/mol. The summed E-state index contributed by atoms with van der Waals surface area (Å²) in [5.74, 6) is 0. The van der Waals surface area contributed by atoms with Crippen LogP contribution in [0.4, 0.5) is 5.69 Å². The third-order valence-electron chi connectivity index (χ3n) is 3.62. The van der Waals surface area contributed by atoms with Gasteiger partial charge in [0.15, 0.2) is 0 Å². The molecule has 0 radical (unpaired) electrons. The first kappa shape index (κ1) is 12.4. The smallest absolute Gasteiger partial charge is 0.0391 e. The maximum atomic E-state index is 5.83. The fourth-order valence-electron chi connectivity index (χ4n) is 2.57. The van der Waals surface area contributed by atoms with Crippen molar-refractivity contribution < 1.29 is 0 Å². The van der Waals surface area contributed by atoms with Gasteiger partial charge in [0.05, 0.1) is 0 Å². The molecule has 3 nitrogen and oxygen atoms in total. The molecule has 1 fully saturated rings. The monoisotopic (exact) mass is 233 g/mol. The zero-order valence-electron chi connectivity index (χ0n) is 11.1. The van der Waals surface area contributed by atoms with Crippen LogP contribution in [0.15, 0.2) is 18.2 Å². The van der Waals surface area contributed by atoms with Gasteiger partial charge >= 0.3 is 0 Å². The van der Waals surface area contributed by atoms with Gasteiger partial charge in [-0.2, -0.15) is 0 Å². The third kappa shape index (κ3) is 2.79. The summed E-state index contributed by atoms with van der Waals surface area (Å²) in [4.78, 5) is 4.82. The highest BCUT2D eigenvalue weighted by Gasteiger charge is 2.23. The van der Waals surface area contributed by atoms with E-state index in [-0.39, 0.29) is 0 Å². The standard InChI is InChI=1S/C14H23N3/c1-11-6-12(2)8-13(7-11)17-5-4-16(3)14(9-15)10-17/h6-8,14H,4-5,9-10,15H2,1-3H3. The van der Waals surface area contributed by atoms with Crippen LogP contribution in [0.5, 0.6) is 0 Å². The lowest BCUT2D eigenvalue weighted by molar-refractivity contribution is 0.224. The SMILES string of the molecule is Cc1cc(C)cc(N2CCN(C)C(CN)C2)c1. The van der Waals surface area contributed by atoms with Crippen LogP contribution >= 0.6 is 0 Å². The molecule has 1 unspecified atom stereocenters.